The van der Waals surface area contributed by atoms with E-state index in [1.807, 2.05) is 20.8 Å². The van der Waals surface area contributed by atoms with E-state index in [1.165, 1.54) is 4.31 Å². The number of sulfonamides is 1. The highest BCUT2D eigenvalue weighted by molar-refractivity contribution is 7.89. The predicted octanol–water partition coefficient (Wildman–Crippen LogP) is 0.911. The quantitative estimate of drug-likeness (QED) is 0.744. The molecule has 1 atom stereocenters. The highest BCUT2D eigenvalue weighted by Crippen LogP contribution is 2.19. The lowest BCUT2D eigenvalue weighted by molar-refractivity contribution is -0.134. The van der Waals surface area contributed by atoms with E-state index < -0.39 is 22.1 Å². The summed E-state index contributed by atoms with van der Waals surface area (Å²) in [5.41, 5.74) is 6.17. The molecule has 27 heavy (non-hydrogen) atoms. The van der Waals surface area contributed by atoms with E-state index in [9.17, 15) is 18.0 Å². The summed E-state index contributed by atoms with van der Waals surface area (Å²) in [6.07, 6.45) is 0.476. The van der Waals surface area contributed by atoms with E-state index in [0.29, 0.717) is 6.42 Å². The van der Waals surface area contributed by atoms with Crippen LogP contribution in [0.3, 0.4) is 0 Å². The molecule has 1 aliphatic heterocycles. The van der Waals surface area contributed by atoms with Crippen molar-refractivity contribution in [3.63, 3.8) is 0 Å². The molecule has 9 heteroatoms. The molecule has 1 saturated heterocycles. The van der Waals surface area contributed by atoms with Crippen LogP contribution in [0.25, 0.3) is 0 Å². The van der Waals surface area contributed by atoms with Crippen molar-refractivity contribution in [2.75, 3.05) is 26.2 Å². The van der Waals surface area contributed by atoms with E-state index in [0.717, 1.165) is 5.56 Å². The van der Waals surface area contributed by atoms with Crippen LogP contribution in [0.4, 0.5) is 4.79 Å². The van der Waals surface area contributed by atoms with Gasteiger partial charge in [-0.3, -0.25) is 4.79 Å². The van der Waals surface area contributed by atoms with Crippen LogP contribution in [0.5, 0.6) is 0 Å². The second-order valence-corrected chi connectivity index (χ2v) is 9.17. The van der Waals surface area contributed by atoms with E-state index in [-0.39, 0.29) is 42.9 Å². The maximum atomic E-state index is 12.7. The van der Waals surface area contributed by atoms with E-state index in [2.05, 4.69) is 5.32 Å². The van der Waals surface area contributed by atoms with Crippen LogP contribution in [0.1, 0.15) is 25.8 Å². The minimum atomic E-state index is -3.58. The number of aryl methyl sites for hydroxylation is 1. The number of urea groups is 1. The molecule has 0 spiro atoms. The average Bonchev–Trinajstić information content (AvgIpc) is 2.60. The van der Waals surface area contributed by atoms with Gasteiger partial charge in [0.1, 0.15) is 6.04 Å². The summed E-state index contributed by atoms with van der Waals surface area (Å²) in [5.74, 6) is -0.0242. The number of carbonyl (C=O) groups is 2. The van der Waals surface area contributed by atoms with Crippen LogP contribution in [0, 0.1) is 12.8 Å². The first-order valence-electron chi connectivity index (χ1n) is 9.03. The number of carbonyl (C=O) groups excluding carboxylic acids is 2. The normalized spacial score (nSPS) is 17.0. The fraction of sp³-hybridized carbons (Fsp3) is 0.556. The van der Waals surface area contributed by atoms with Crippen molar-refractivity contribution in [3.8, 4) is 0 Å². The standard InChI is InChI=1S/C18H28N4O4S/c1-13(2)12-16(20-18(19)24)17(23)21-8-10-22(11-9-21)27(25,26)15-6-4-14(3)5-7-15/h4-7,13,16H,8-12H2,1-3H3,(H3,19,20,24)/t16-/m1/s1. The SMILES string of the molecule is Cc1ccc(S(=O)(=O)N2CCN(C(=O)[C@@H](CC(C)C)NC(N)=O)CC2)cc1. The number of rotatable bonds is 6. The van der Waals surface area contributed by atoms with Crippen LogP contribution < -0.4 is 11.1 Å². The summed E-state index contributed by atoms with van der Waals surface area (Å²) >= 11 is 0. The molecule has 0 unspecified atom stereocenters. The summed E-state index contributed by atoms with van der Waals surface area (Å²) in [6.45, 7) is 6.79. The zero-order valence-electron chi connectivity index (χ0n) is 16.0. The van der Waals surface area contributed by atoms with Crippen LogP contribution in [0.15, 0.2) is 29.2 Å². The molecule has 1 fully saturated rings. The Balaban J connectivity index is 2.03. The Hall–Kier alpha value is -2.13. The van der Waals surface area contributed by atoms with Crippen molar-refractivity contribution in [1.82, 2.24) is 14.5 Å². The molecule has 1 aromatic rings. The van der Waals surface area contributed by atoms with Gasteiger partial charge in [-0.15, -0.1) is 0 Å². The second-order valence-electron chi connectivity index (χ2n) is 7.23. The topological polar surface area (TPSA) is 113 Å². The number of hydrogen-bond acceptors (Lipinski definition) is 4. The van der Waals surface area contributed by atoms with E-state index in [1.54, 1.807) is 29.2 Å². The molecule has 0 aliphatic carbocycles. The Morgan fingerprint density at radius 3 is 2.15 bits per heavy atom. The number of primary amides is 1. The summed E-state index contributed by atoms with van der Waals surface area (Å²) in [5, 5.41) is 2.50. The van der Waals surface area contributed by atoms with Gasteiger partial charge >= 0.3 is 6.03 Å². The van der Waals surface area contributed by atoms with Crippen LogP contribution in [-0.4, -0.2) is 61.8 Å². The van der Waals surface area contributed by atoms with E-state index >= 15 is 0 Å². The van der Waals surface area contributed by atoms with Crippen LogP contribution >= 0.6 is 0 Å². The zero-order valence-corrected chi connectivity index (χ0v) is 16.8. The molecule has 3 N–H and O–H groups in total. The Labute approximate surface area is 160 Å². The molecule has 8 nitrogen and oxygen atoms in total. The first-order valence-corrected chi connectivity index (χ1v) is 10.5. The van der Waals surface area contributed by atoms with Gasteiger partial charge in [0.15, 0.2) is 0 Å². The molecular formula is C18H28N4O4S. The molecule has 2 rings (SSSR count). The van der Waals surface area contributed by atoms with Gasteiger partial charge in [-0.05, 0) is 31.4 Å². The van der Waals surface area contributed by atoms with Crippen molar-refractivity contribution in [2.24, 2.45) is 11.7 Å². The molecule has 3 amide bonds. The van der Waals surface area contributed by atoms with Crippen molar-refractivity contribution in [1.29, 1.82) is 0 Å². The van der Waals surface area contributed by atoms with Gasteiger partial charge in [-0.25, -0.2) is 13.2 Å². The number of nitrogens with one attached hydrogen (secondary N) is 1. The van der Waals surface area contributed by atoms with Crippen molar-refractivity contribution in [3.05, 3.63) is 29.8 Å². The molecule has 0 aromatic heterocycles. The number of hydrogen-bond donors (Lipinski definition) is 2. The van der Waals surface area contributed by atoms with E-state index in [4.69, 9.17) is 5.73 Å². The van der Waals surface area contributed by atoms with Gasteiger partial charge in [0, 0.05) is 26.2 Å². The first kappa shape index (κ1) is 21.2. The zero-order chi connectivity index (χ0) is 20.2. The minimum absolute atomic E-state index is 0.203. The highest BCUT2D eigenvalue weighted by Gasteiger charge is 2.33. The first-order chi connectivity index (χ1) is 12.6. The molecule has 1 aromatic carbocycles. The highest BCUT2D eigenvalue weighted by atomic mass is 32.2. The van der Waals surface area contributed by atoms with Gasteiger partial charge in [0.2, 0.25) is 15.9 Å². The molecule has 0 saturated carbocycles. The average molecular weight is 397 g/mol. The maximum Gasteiger partial charge on any atom is 0.312 e. The predicted molar refractivity (Wildman–Crippen MR) is 102 cm³/mol. The summed E-state index contributed by atoms with van der Waals surface area (Å²) in [4.78, 5) is 25.8. The van der Waals surface area contributed by atoms with Gasteiger partial charge in [-0.2, -0.15) is 4.31 Å². The molecule has 0 radical (unpaired) electrons. The smallest absolute Gasteiger partial charge is 0.312 e. The summed E-state index contributed by atoms with van der Waals surface area (Å²) < 4.78 is 26.9. The molecule has 1 heterocycles. The Morgan fingerprint density at radius 2 is 1.67 bits per heavy atom. The number of nitrogens with two attached hydrogens (primary N) is 1. The lowest BCUT2D eigenvalue weighted by Crippen LogP contribution is -2.56. The third kappa shape index (κ3) is 5.43. The fourth-order valence-electron chi connectivity index (χ4n) is 3.09. The third-order valence-corrected chi connectivity index (χ3v) is 6.44. The molecule has 150 valence electrons. The van der Waals surface area contributed by atoms with Crippen molar-refractivity contribution < 1.29 is 18.0 Å². The molecular weight excluding hydrogens is 368 g/mol. The monoisotopic (exact) mass is 396 g/mol. The lowest BCUT2D eigenvalue weighted by atomic mass is 10.0. The van der Waals surface area contributed by atoms with Gasteiger partial charge in [-0.1, -0.05) is 31.5 Å². The van der Waals surface area contributed by atoms with Crippen LogP contribution in [-0.2, 0) is 14.8 Å². The minimum Gasteiger partial charge on any atom is -0.352 e. The van der Waals surface area contributed by atoms with Crippen molar-refractivity contribution in [2.45, 2.75) is 38.1 Å². The molecule has 1 aliphatic rings. The largest absolute Gasteiger partial charge is 0.352 e. The lowest BCUT2D eigenvalue weighted by Gasteiger charge is -2.36. The Bertz CT molecular complexity index is 769. The second kappa shape index (κ2) is 8.71. The number of nitrogens with zero attached hydrogens (tertiary/aromatic N) is 2. The molecule has 0 bridgehead atoms. The number of amides is 3. The maximum absolute atomic E-state index is 12.7. The fourth-order valence-corrected chi connectivity index (χ4v) is 4.52. The third-order valence-electron chi connectivity index (χ3n) is 4.53. The number of benzene rings is 1. The Kier molecular flexibility index (Phi) is 6.83. The number of piperazine rings is 1. The van der Waals surface area contributed by atoms with Gasteiger partial charge < -0.3 is 16.0 Å². The van der Waals surface area contributed by atoms with Crippen LogP contribution in [0.2, 0.25) is 0 Å². The van der Waals surface area contributed by atoms with Crippen molar-refractivity contribution >= 4 is 22.0 Å². The Morgan fingerprint density at radius 1 is 1.11 bits per heavy atom. The summed E-state index contributed by atoms with van der Waals surface area (Å²) in [7, 11) is -3.58. The summed E-state index contributed by atoms with van der Waals surface area (Å²) in [6, 6.07) is 5.28. The van der Waals surface area contributed by atoms with Gasteiger partial charge in [0.25, 0.3) is 0 Å². The van der Waals surface area contributed by atoms with Gasteiger partial charge in [0.05, 0.1) is 4.90 Å².